The summed E-state index contributed by atoms with van der Waals surface area (Å²) < 4.78 is 8.45. The van der Waals surface area contributed by atoms with E-state index < -0.39 is 0 Å². The molecule has 5 heteroatoms. The fourth-order valence-electron chi connectivity index (χ4n) is 2.45. The summed E-state index contributed by atoms with van der Waals surface area (Å²) in [4.78, 5) is 12.2. The second-order valence-corrected chi connectivity index (χ2v) is 5.99. The zero-order valence-corrected chi connectivity index (χ0v) is 13.1. The van der Waals surface area contributed by atoms with Crippen molar-refractivity contribution in [1.29, 1.82) is 0 Å². The van der Waals surface area contributed by atoms with Crippen molar-refractivity contribution in [3.05, 3.63) is 22.4 Å². The molecule has 2 unspecified atom stereocenters. The van der Waals surface area contributed by atoms with Crippen LogP contribution in [0.3, 0.4) is 0 Å². The molecule has 1 aromatic rings. The fourth-order valence-corrected chi connectivity index (χ4v) is 2.91. The van der Waals surface area contributed by atoms with Crippen molar-refractivity contribution in [2.24, 2.45) is 5.92 Å². The highest BCUT2D eigenvalue weighted by Gasteiger charge is 2.25. The van der Waals surface area contributed by atoms with Gasteiger partial charge in [-0.25, -0.2) is 0 Å². The van der Waals surface area contributed by atoms with Crippen LogP contribution in [-0.4, -0.2) is 29.7 Å². The van der Waals surface area contributed by atoms with Crippen LogP contribution in [0.1, 0.15) is 37.2 Å². The van der Waals surface area contributed by atoms with Gasteiger partial charge in [0, 0.05) is 36.3 Å². The number of carbonyl (C=O) groups is 1. The molecule has 106 valence electrons. The summed E-state index contributed by atoms with van der Waals surface area (Å²) in [7, 11) is 0. The lowest BCUT2D eigenvalue weighted by Gasteiger charge is -2.15. The maximum Gasteiger partial charge on any atom is 0.267 e. The Kier molecular flexibility index (Phi) is 5.05. The average molecular weight is 329 g/mol. The van der Waals surface area contributed by atoms with E-state index in [-0.39, 0.29) is 12.0 Å². The summed E-state index contributed by atoms with van der Waals surface area (Å²) >= 11 is 3.43. The highest BCUT2D eigenvalue weighted by Crippen LogP contribution is 2.20. The molecule has 4 nitrogen and oxygen atoms in total. The molecular weight excluding hydrogens is 308 g/mol. The zero-order valence-electron chi connectivity index (χ0n) is 11.5. The maximum absolute atomic E-state index is 12.2. The number of rotatable bonds is 5. The first-order chi connectivity index (χ1) is 9.11. The third-order valence-corrected chi connectivity index (χ3v) is 4.05. The van der Waals surface area contributed by atoms with Crippen LogP contribution in [0, 0.1) is 5.92 Å². The van der Waals surface area contributed by atoms with Gasteiger partial charge in [0.15, 0.2) is 0 Å². The Bertz CT molecular complexity index is 445. The quantitative estimate of drug-likeness (QED) is 0.903. The summed E-state index contributed by atoms with van der Waals surface area (Å²) in [5.74, 6) is 0.431. The molecule has 0 spiro atoms. The number of amides is 1. The average Bonchev–Trinajstić information content (AvgIpc) is 2.93. The Hall–Kier alpha value is -0.810. The van der Waals surface area contributed by atoms with E-state index in [9.17, 15) is 4.79 Å². The first-order valence-electron chi connectivity index (χ1n) is 6.87. The molecule has 2 atom stereocenters. The first-order valence-corrected chi connectivity index (χ1v) is 7.66. The number of aromatic nitrogens is 1. The summed E-state index contributed by atoms with van der Waals surface area (Å²) in [5.41, 5.74) is 0.722. The van der Waals surface area contributed by atoms with Crippen molar-refractivity contribution in [3.8, 4) is 0 Å². The van der Waals surface area contributed by atoms with E-state index in [1.165, 1.54) is 0 Å². The summed E-state index contributed by atoms with van der Waals surface area (Å²) in [6.45, 7) is 6.53. The Morgan fingerprint density at radius 3 is 3.05 bits per heavy atom. The maximum atomic E-state index is 12.2. The van der Waals surface area contributed by atoms with Gasteiger partial charge in [-0.1, -0.05) is 6.92 Å². The summed E-state index contributed by atoms with van der Waals surface area (Å²) in [5, 5.41) is 3.02. The van der Waals surface area contributed by atoms with E-state index in [0.29, 0.717) is 12.5 Å². The van der Waals surface area contributed by atoms with Crippen LogP contribution in [0.5, 0.6) is 0 Å². The minimum atomic E-state index is -0.00162. The van der Waals surface area contributed by atoms with Gasteiger partial charge in [0.2, 0.25) is 0 Å². The molecule has 2 heterocycles. The predicted molar refractivity (Wildman–Crippen MR) is 78.3 cm³/mol. The number of halogens is 1. The Morgan fingerprint density at radius 1 is 1.63 bits per heavy atom. The van der Waals surface area contributed by atoms with E-state index >= 15 is 0 Å². The van der Waals surface area contributed by atoms with Crippen LogP contribution in [0.2, 0.25) is 0 Å². The number of carbonyl (C=O) groups excluding carboxylic acids is 1. The number of nitrogens with one attached hydrogen (secondary N) is 1. The number of ether oxygens (including phenoxy) is 1. The Morgan fingerprint density at radius 2 is 2.42 bits per heavy atom. The SMILES string of the molecule is CCCn1cc(Br)cc1C(=O)NCC1CCOC1C. The smallest absolute Gasteiger partial charge is 0.267 e. The molecule has 0 aromatic carbocycles. The molecule has 1 fully saturated rings. The van der Waals surface area contributed by atoms with Gasteiger partial charge in [0.05, 0.1) is 6.10 Å². The van der Waals surface area contributed by atoms with Gasteiger partial charge in [0.1, 0.15) is 5.69 Å². The number of hydrogen-bond acceptors (Lipinski definition) is 2. The van der Waals surface area contributed by atoms with Crippen molar-refractivity contribution in [2.75, 3.05) is 13.2 Å². The van der Waals surface area contributed by atoms with Crippen molar-refractivity contribution in [1.82, 2.24) is 9.88 Å². The molecule has 1 aliphatic heterocycles. The van der Waals surface area contributed by atoms with Gasteiger partial charge < -0.3 is 14.6 Å². The number of aryl methyl sites for hydroxylation is 1. The molecule has 1 N–H and O–H groups in total. The zero-order chi connectivity index (χ0) is 13.8. The van der Waals surface area contributed by atoms with Gasteiger partial charge in [-0.05, 0) is 41.8 Å². The van der Waals surface area contributed by atoms with E-state index in [2.05, 4.69) is 35.1 Å². The van der Waals surface area contributed by atoms with Gasteiger partial charge in [-0.2, -0.15) is 0 Å². The monoisotopic (exact) mass is 328 g/mol. The van der Waals surface area contributed by atoms with E-state index in [1.807, 2.05) is 16.8 Å². The molecule has 0 aliphatic carbocycles. The number of hydrogen-bond donors (Lipinski definition) is 1. The standard InChI is InChI=1S/C14H21BrN2O2/c1-3-5-17-9-12(15)7-13(17)14(18)16-8-11-4-6-19-10(11)2/h7,9-11H,3-6,8H2,1-2H3,(H,16,18). The third-order valence-electron chi connectivity index (χ3n) is 3.62. The van der Waals surface area contributed by atoms with Crippen LogP contribution in [0.25, 0.3) is 0 Å². The van der Waals surface area contributed by atoms with Crippen molar-refractivity contribution in [3.63, 3.8) is 0 Å². The van der Waals surface area contributed by atoms with E-state index in [4.69, 9.17) is 4.74 Å². The van der Waals surface area contributed by atoms with Gasteiger partial charge in [-0.3, -0.25) is 4.79 Å². The van der Waals surface area contributed by atoms with E-state index in [0.717, 1.165) is 36.2 Å². The van der Waals surface area contributed by atoms with Gasteiger partial charge in [-0.15, -0.1) is 0 Å². The summed E-state index contributed by atoms with van der Waals surface area (Å²) in [6.07, 6.45) is 4.24. The molecule has 0 saturated carbocycles. The van der Waals surface area contributed by atoms with Crippen LogP contribution in [0.4, 0.5) is 0 Å². The minimum absolute atomic E-state index is 0.00162. The molecule has 1 aromatic heterocycles. The van der Waals surface area contributed by atoms with Crippen molar-refractivity contribution < 1.29 is 9.53 Å². The largest absolute Gasteiger partial charge is 0.378 e. The van der Waals surface area contributed by atoms with E-state index in [1.54, 1.807) is 0 Å². The topological polar surface area (TPSA) is 43.3 Å². The number of nitrogens with zero attached hydrogens (tertiary/aromatic N) is 1. The third kappa shape index (κ3) is 3.60. The van der Waals surface area contributed by atoms with Crippen molar-refractivity contribution >= 4 is 21.8 Å². The predicted octanol–water partition coefficient (Wildman–Crippen LogP) is 2.82. The lowest BCUT2D eigenvalue weighted by molar-refractivity contribution is 0.0899. The van der Waals surface area contributed by atoms with Crippen LogP contribution in [-0.2, 0) is 11.3 Å². The highest BCUT2D eigenvalue weighted by atomic mass is 79.9. The van der Waals surface area contributed by atoms with Gasteiger partial charge in [0.25, 0.3) is 5.91 Å². The molecule has 1 aliphatic rings. The fraction of sp³-hybridized carbons (Fsp3) is 0.643. The van der Waals surface area contributed by atoms with Crippen LogP contribution < -0.4 is 5.32 Å². The molecule has 2 rings (SSSR count). The molecule has 0 bridgehead atoms. The molecule has 1 amide bonds. The molecule has 1 saturated heterocycles. The lowest BCUT2D eigenvalue weighted by atomic mass is 10.0. The first kappa shape index (κ1) is 14.6. The normalized spacial score (nSPS) is 22.7. The highest BCUT2D eigenvalue weighted by molar-refractivity contribution is 9.10. The molecular formula is C14H21BrN2O2. The second kappa shape index (κ2) is 6.57. The van der Waals surface area contributed by atoms with Crippen LogP contribution in [0.15, 0.2) is 16.7 Å². The van der Waals surface area contributed by atoms with Crippen LogP contribution >= 0.6 is 15.9 Å². The minimum Gasteiger partial charge on any atom is -0.378 e. The summed E-state index contributed by atoms with van der Waals surface area (Å²) in [6, 6.07) is 1.87. The molecule has 0 radical (unpaired) electrons. The Labute approximate surface area is 122 Å². The second-order valence-electron chi connectivity index (χ2n) is 5.07. The van der Waals surface area contributed by atoms with Crippen molar-refractivity contribution in [2.45, 2.75) is 39.3 Å². The molecule has 19 heavy (non-hydrogen) atoms. The lowest BCUT2D eigenvalue weighted by Crippen LogP contribution is -2.33. The Balaban J connectivity index is 1.95. The van der Waals surface area contributed by atoms with Gasteiger partial charge >= 0.3 is 0 Å².